The molecule has 126 valence electrons. The third-order valence-corrected chi connectivity index (χ3v) is 4.60. The molecule has 4 nitrogen and oxygen atoms in total. The fourth-order valence-corrected chi connectivity index (χ4v) is 2.88. The van der Waals surface area contributed by atoms with Crippen molar-refractivity contribution in [3.63, 3.8) is 0 Å². The zero-order valence-corrected chi connectivity index (χ0v) is 13.5. The van der Waals surface area contributed by atoms with Gasteiger partial charge in [-0.1, -0.05) is 12.1 Å². The third kappa shape index (κ3) is 4.52. The van der Waals surface area contributed by atoms with Gasteiger partial charge < -0.3 is 14.8 Å². The number of carbonyl (C=O) groups is 1. The average Bonchev–Trinajstić information content (AvgIpc) is 3.27. The highest BCUT2D eigenvalue weighted by Crippen LogP contribution is 2.34. The highest BCUT2D eigenvalue weighted by atomic mass is 19.1. The standard InChI is InChI=1S/C18H24FNO3/c1-12(23-11-13-2-3-13)18(21)20-10-15-8-9-22-17(15)14-4-6-16(19)7-5-14/h4-7,12-13,15,17H,2-3,8-11H2,1H3,(H,20,21)/t12?,15-,17-/m0/s1. The van der Waals surface area contributed by atoms with Gasteiger partial charge in [0.1, 0.15) is 11.9 Å². The van der Waals surface area contributed by atoms with E-state index in [1.54, 1.807) is 19.1 Å². The molecule has 1 aliphatic carbocycles. The van der Waals surface area contributed by atoms with Crippen LogP contribution in [0.3, 0.4) is 0 Å². The van der Waals surface area contributed by atoms with Gasteiger partial charge >= 0.3 is 0 Å². The lowest BCUT2D eigenvalue weighted by atomic mass is 9.95. The largest absolute Gasteiger partial charge is 0.373 e. The molecule has 0 radical (unpaired) electrons. The van der Waals surface area contributed by atoms with Crippen LogP contribution in [0.5, 0.6) is 0 Å². The molecular formula is C18H24FNO3. The molecule has 5 heteroatoms. The van der Waals surface area contributed by atoms with E-state index in [4.69, 9.17) is 9.47 Å². The summed E-state index contributed by atoms with van der Waals surface area (Å²) in [5, 5.41) is 2.96. The summed E-state index contributed by atoms with van der Waals surface area (Å²) in [6.07, 6.45) is 2.82. The molecule has 0 spiro atoms. The van der Waals surface area contributed by atoms with Gasteiger partial charge in [-0.3, -0.25) is 4.79 Å². The zero-order valence-electron chi connectivity index (χ0n) is 13.5. The van der Waals surface area contributed by atoms with Gasteiger partial charge in [0.25, 0.3) is 0 Å². The van der Waals surface area contributed by atoms with Crippen molar-refractivity contribution in [1.29, 1.82) is 0 Å². The van der Waals surface area contributed by atoms with Gasteiger partial charge in [0.05, 0.1) is 12.7 Å². The fourth-order valence-electron chi connectivity index (χ4n) is 2.88. The number of rotatable bonds is 7. The second-order valence-corrected chi connectivity index (χ2v) is 6.56. The highest BCUT2D eigenvalue weighted by molar-refractivity contribution is 5.80. The lowest BCUT2D eigenvalue weighted by Gasteiger charge is -2.20. The molecule has 1 N–H and O–H groups in total. The van der Waals surface area contributed by atoms with Crippen LogP contribution in [0.4, 0.5) is 4.39 Å². The number of ether oxygens (including phenoxy) is 2. The Morgan fingerprint density at radius 1 is 1.35 bits per heavy atom. The quantitative estimate of drug-likeness (QED) is 0.840. The van der Waals surface area contributed by atoms with Crippen LogP contribution in [0.25, 0.3) is 0 Å². The number of amides is 1. The van der Waals surface area contributed by atoms with Crippen molar-refractivity contribution in [3.8, 4) is 0 Å². The molecule has 1 unspecified atom stereocenters. The predicted molar refractivity (Wildman–Crippen MR) is 84.3 cm³/mol. The maximum absolute atomic E-state index is 13.0. The lowest BCUT2D eigenvalue weighted by Crippen LogP contribution is -2.38. The summed E-state index contributed by atoms with van der Waals surface area (Å²) in [6, 6.07) is 6.39. The molecule has 1 aliphatic heterocycles. The summed E-state index contributed by atoms with van der Waals surface area (Å²) < 4.78 is 24.4. The summed E-state index contributed by atoms with van der Waals surface area (Å²) in [6.45, 7) is 3.69. The maximum Gasteiger partial charge on any atom is 0.248 e. The van der Waals surface area contributed by atoms with E-state index < -0.39 is 6.10 Å². The number of carbonyl (C=O) groups excluding carboxylic acids is 1. The zero-order chi connectivity index (χ0) is 16.2. The molecule has 3 rings (SSSR count). The van der Waals surface area contributed by atoms with Crippen molar-refractivity contribution in [1.82, 2.24) is 5.32 Å². The van der Waals surface area contributed by atoms with Gasteiger partial charge in [-0.05, 0) is 49.8 Å². The molecular weight excluding hydrogens is 297 g/mol. The monoisotopic (exact) mass is 321 g/mol. The topological polar surface area (TPSA) is 47.6 Å². The Morgan fingerprint density at radius 2 is 2.09 bits per heavy atom. The number of hydrogen-bond donors (Lipinski definition) is 1. The van der Waals surface area contributed by atoms with E-state index in [1.807, 2.05) is 0 Å². The van der Waals surface area contributed by atoms with Crippen molar-refractivity contribution < 1.29 is 18.7 Å². The van der Waals surface area contributed by atoms with E-state index in [2.05, 4.69) is 5.32 Å². The fraction of sp³-hybridized carbons (Fsp3) is 0.611. The van der Waals surface area contributed by atoms with Gasteiger partial charge in [0.2, 0.25) is 5.91 Å². The molecule has 1 aromatic rings. The van der Waals surface area contributed by atoms with E-state index >= 15 is 0 Å². The van der Waals surface area contributed by atoms with Crippen LogP contribution >= 0.6 is 0 Å². The molecule has 3 atom stereocenters. The minimum Gasteiger partial charge on any atom is -0.373 e. The van der Waals surface area contributed by atoms with Crippen molar-refractivity contribution >= 4 is 5.91 Å². The minimum absolute atomic E-state index is 0.0737. The Hall–Kier alpha value is -1.46. The lowest BCUT2D eigenvalue weighted by molar-refractivity contribution is -0.132. The Labute approximate surface area is 136 Å². The minimum atomic E-state index is -0.415. The SMILES string of the molecule is CC(OCC1CC1)C(=O)NC[C@@H]1CCO[C@H]1c1ccc(F)cc1. The van der Waals surface area contributed by atoms with Crippen molar-refractivity contribution in [3.05, 3.63) is 35.6 Å². The van der Waals surface area contributed by atoms with Crippen LogP contribution in [0.15, 0.2) is 24.3 Å². The van der Waals surface area contributed by atoms with Gasteiger partial charge in [-0.25, -0.2) is 4.39 Å². The second-order valence-electron chi connectivity index (χ2n) is 6.56. The van der Waals surface area contributed by atoms with Crippen LogP contribution < -0.4 is 5.32 Å². The van der Waals surface area contributed by atoms with Crippen molar-refractivity contribution in [2.45, 2.75) is 38.4 Å². The molecule has 0 bridgehead atoms. The number of benzene rings is 1. The Morgan fingerprint density at radius 3 is 2.78 bits per heavy atom. The van der Waals surface area contributed by atoms with Gasteiger partial charge in [0.15, 0.2) is 0 Å². The van der Waals surface area contributed by atoms with Crippen LogP contribution in [-0.4, -0.2) is 31.8 Å². The summed E-state index contributed by atoms with van der Waals surface area (Å²) in [4.78, 5) is 12.1. The molecule has 1 heterocycles. The first-order valence-electron chi connectivity index (χ1n) is 8.40. The first-order chi connectivity index (χ1) is 11.1. The summed E-state index contributed by atoms with van der Waals surface area (Å²) in [5.74, 6) is 0.532. The Kier molecular flexibility index (Phi) is 5.28. The molecule has 1 aromatic carbocycles. The van der Waals surface area contributed by atoms with E-state index in [-0.39, 0.29) is 23.7 Å². The number of halogens is 1. The Bertz CT molecular complexity index is 530. The smallest absolute Gasteiger partial charge is 0.248 e. The highest BCUT2D eigenvalue weighted by Gasteiger charge is 2.30. The third-order valence-electron chi connectivity index (χ3n) is 4.60. The normalized spacial score (nSPS) is 25.3. The van der Waals surface area contributed by atoms with Crippen LogP contribution in [0, 0.1) is 17.7 Å². The molecule has 1 saturated heterocycles. The average molecular weight is 321 g/mol. The van der Waals surface area contributed by atoms with E-state index in [0.717, 1.165) is 12.0 Å². The summed E-state index contributed by atoms with van der Waals surface area (Å²) >= 11 is 0. The molecule has 23 heavy (non-hydrogen) atoms. The molecule has 1 saturated carbocycles. The maximum atomic E-state index is 13.0. The van der Waals surface area contributed by atoms with E-state index in [1.165, 1.54) is 25.0 Å². The van der Waals surface area contributed by atoms with Crippen LogP contribution in [0.2, 0.25) is 0 Å². The summed E-state index contributed by atoms with van der Waals surface area (Å²) in [7, 11) is 0. The van der Waals surface area contributed by atoms with E-state index in [9.17, 15) is 9.18 Å². The predicted octanol–water partition coefficient (Wildman–Crippen LogP) is 2.83. The summed E-state index contributed by atoms with van der Waals surface area (Å²) in [5.41, 5.74) is 0.959. The van der Waals surface area contributed by atoms with Gasteiger partial charge in [-0.2, -0.15) is 0 Å². The Balaban J connectivity index is 1.48. The molecule has 0 aromatic heterocycles. The van der Waals surface area contributed by atoms with Gasteiger partial charge in [0, 0.05) is 19.1 Å². The first kappa shape index (κ1) is 16.4. The van der Waals surface area contributed by atoms with Crippen LogP contribution in [-0.2, 0) is 14.3 Å². The number of nitrogens with one attached hydrogen (secondary N) is 1. The molecule has 1 amide bonds. The van der Waals surface area contributed by atoms with Gasteiger partial charge in [-0.15, -0.1) is 0 Å². The van der Waals surface area contributed by atoms with Crippen molar-refractivity contribution in [2.24, 2.45) is 11.8 Å². The molecule has 2 fully saturated rings. The van der Waals surface area contributed by atoms with Crippen molar-refractivity contribution in [2.75, 3.05) is 19.8 Å². The van der Waals surface area contributed by atoms with E-state index in [0.29, 0.717) is 25.7 Å². The first-order valence-corrected chi connectivity index (χ1v) is 8.40. The van der Waals surface area contributed by atoms with Crippen LogP contribution in [0.1, 0.15) is 37.9 Å². The molecule has 2 aliphatic rings. The number of hydrogen-bond acceptors (Lipinski definition) is 3. The second kappa shape index (κ2) is 7.41.